The van der Waals surface area contributed by atoms with Gasteiger partial charge < -0.3 is 9.15 Å². The molecule has 1 radical (unpaired) electrons. The maximum absolute atomic E-state index is 6.15. The van der Waals surface area contributed by atoms with Crippen molar-refractivity contribution in [2.24, 2.45) is 0 Å². The van der Waals surface area contributed by atoms with E-state index in [0.717, 1.165) is 38.9 Å². The number of para-hydroxylation sites is 3. The fraction of sp³-hybridized carbons (Fsp3) is 0.167. The van der Waals surface area contributed by atoms with Crippen molar-refractivity contribution in [3.63, 3.8) is 0 Å². The first-order chi connectivity index (χ1) is 14.0. The Morgan fingerprint density at radius 3 is 2.57 bits per heavy atom. The second kappa shape index (κ2) is 7.71. The molecule has 0 fully saturated rings. The average Bonchev–Trinajstić information content (AvgIpc) is 3.31. The maximum atomic E-state index is 6.15. The Kier molecular flexibility index (Phi) is 5.22. The Morgan fingerprint density at radius 1 is 0.967 bits per heavy atom. The molecule has 0 saturated carbocycles. The molecule has 2 aromatic heterocycles. The molecule has 3 aromatic carbocycles. The quantitative estimate of drug-likeness (QED) is 0.255. The van der Waals surface area contributed by atoms with Gasteiger partial charge in [-0.15, -0.1) is 23.8 Å². The van der Waals surface area contributed by atoms with Gasteiger partial charge in [-0.3, -0.25) is 9.67 Å². The first kappa shape index (κ1) is 20.3. The molecule has 0 aliphatic rings. The molecule has 0 bridgehead atoms. The first-order valence-electron chi connectivity index (χ1n) is 9.51. The van der Waals surface area contributed by atoms with Gasteiger partial charge in [-0.05, 0) is 39.0 Å². The molecular weight excluding hydrogens is 555 g/mol. The molecule has 0 spiro atoms. The van der Waals surface area contributed by atoms with Crippen LogP contribution in [0, 0.1) is 6.07 Å². The van der Waals surface area contributed by atoms with Crippen molar-refractivity contribution < 1.29 is 29.3 Å². The van der Waals surface area contributed by atoms with Crippen LogP contribution in [0.25, 0.3) is 39.0 Å². The third-order valence-corrected chi connectivity index (χ3v) is 4.61. The van der Waals surface area contributed by atoms with Crippen LogP contribution in [0.5, 0.6) is 5.75 Å². The molecule has 5 nitrogen and oxygen atoms in total. The Hall–Kier alpha value is -2.95. The van der Waals surface area contributed by atoms with E-state index in [9.17, 15) is 0 Å². The van der Waals surface area contributed by atoms with Crippen LogP contribution >= 0.6 is 0 Å². The summed E-state index contributed by atoms with van der Waals surface area (Å²) in [6, 6.07) is 23.1. The third kappa shape index (κ3) is 3.64. The van der Waals surface area contributed by atoms with Crippen LogP contribution in [0.2, 0.25) is 0 Å². The molecule has 0 atom stereocenters. The summed E-state index contributed by atoms with van der Waals surface area (Å²) in [5, 5.41) is 6.57. The fourth-order valence-electron chi connectivity index (χ4n) is 3.45. The van der Waals surface area contributed by atoms with E-state index in [1.165, 1.54) is 0 Å². The average molecular weight is 575 g/mol. The summed E-state index contributed by atoms with van der Waals surface area (Å²) in [5.74, 6) is 1.45. The van der Waals surface area contributed by atoms with Crippen molar-refractivity contribution >= 4 is 21.9 Å². The van der Waals surface area contributed by atoms with Gasteiger partial charge in [0.2, 0.25) is 0 Å². The predicted molar refractivity (Wildman–Crippen MR) is 113 cm³/mol. The molecule has 0 aliphatic carbocycles. The van der Waals surface area contributed by atoms with Crippen LogP contribution in [-0.2, 0) is 20.1 Å². The topological polar surface area (TPSA) is 53.1 Å². The number of hydrogen-bond acceptors (Lipinski definition) is 4. The molecule has 153 valence electrons. The Balaban J connectivity index is 0.00000218. The normalized spacial score (nSPS) is 11.6. The number of ether oxygens (including phenoxy) is 1. The van der Waals surface area contributed by atoms with Gasteiger partial charge in [-0.1, -0.05) is 35.7 Å². The van der Waals surface area contributed by atoms with Gasteiger partial charge in [0.05, 0.1) is 17.1 Å². The van der Waals surface area contributed by atoms with Crippen molar-refractivity contribution in [3.8, 4) is 22.8 Å². The number of hydrogen-bond donors (Lipinski definition) is 0. The summed E-state index contributed by atoms with van der Waals surface area (Å²) in [5.41, 5.74) is 3.01. The summed E-state index contributed by atoms with van der Waals surface area (Å²) in [6.45, 7) is 6.08. The Bertz CT molecular complexity index is 1330. The molecule has 30 heavy (non-hydrogen) atoms. The van der Waals surface area contributed by atoms with Gasteiger partial charge >= 0.3 is 0 Å². The molecular formula is C24H20IrN3O2-. The summed E-state index contributed by atoms with van der Waals surface area (Å²) in [4.78, 5) is 4.51. The zero-order chi connectivity index (χ0) is 20.0. The van der Waals surface area contributed by atoms with Gasteiger partial charge in [-0.25, -0.2) is 0 Å². The molecule has 0 saturated heterocycles. The Labute approximate surface area is 188 Å². The van der Waals surface area contributed by atoms with E-state index in [1.807, 2.05) is 69.3 Å². The minimum atomic E-state index is -0.322. The van der Waals surface area contributed by atoms with Crippen LogP contribution in [0.1, 0.15) is 20.8 Å². The number of rotatable bonds is 3. The molecule has 5 rings (SSSR count). The van der Waals surface area contributed by atoms with Gasteiger partial charge in [0.15, 0.2) is 0 Å². The van der Waals surface area contributed by atoms with Crippen LogP contribution in [-0.4, -0.2) is 20.4 Å². The zero-order valence-corrected chi connectivity index (χ0v) is 19.2. The maximum Gasteiger partial charge on any atom is 0.144 e. The van der Waals surface area contributed by atoms with Crippen LogP contribution in [0.4, 0.5) is 0 Å². The zero-order valence-electron chi connectivity index (χ0n) is 16.8. The summed E-state index contributed by atoms with van der Waals surface area (Å²) in [6.07, 6.45) is 1.55. The molecule has 0 amide bonds. The van der Waals surface area contributed by atoms with Gasteiger partial charge in [0, 0.05) is 25.5 Å². The van der Waals surface area contributed by atoms with Crippen LogP contribution in [0.3, 0.4) is 0 Å². The molecule has 2 heterocycles. The molecule has 0 aliphatic heterocycles. The monoisotopic (exact) mass is 575 g/mol. The summed E-state index contributed by atoms with van der Waals surface area (Å²) < 4.78 is 13.9. The number of fused-ring (bicyclic) bond motifs is 3. The van der Waals surface area contributed by atoms with E-state index in [1.54, 1.807) is 11.0 Å². The van der Waals surface area contributed by atoms with Gasteiger partial charge in [-0.2, -0.15) is 5.10 Å². The minimum Gasteiger partial charge on any atom is -0.500 e. The van der Waals surface area contributed by atoms with Crippen LogP contribution < -0.4 is 4.74 Å². The second-order valence-corrected chi connectivity index (χ2v) is 7.90. The first-order valence-corrected chi connectivity index (χ1v) is 9.51. The van der Waals surface area contributed by atoms with E-state index in [4.69, 9.17) is 9.15 Å². The minimum absolute atomic E-state index is 0. The molecule has 0 N–H and O–H groups in total. The third-order valence-electron chi connectivity index (χ3n) is 4.61. The van der Waals surface area contributed by atoms with Crippen molar-refractivity contribution in [3.05, 3.63) is 73.1 Å². The predicted octanol–water partition coefficient (Wildman–Crippen LogP) is 5.81. The van der Waals surface area contributed by atoms with Crippen molar-refractivity contribution in [2.75, 3.05) is 0 Å². The smallest absolute Gasteiger partial charge is 0.144 e. The van der Waals surface area contributed by atoms with E-state index < -0.39 is 0 Å². The standard InChI is InChI=1S/C24H20N3O2.Ir/c1-24(2,3)29-22-11-7-5-9-19(22)27-23(25-15-26-27)16-12-13-21-18(14-16)17-8-4-6-10-20(17)28-21;/h4-11,13-15H,1-3H3;/q-1;. The summed E-state index contributed by atoms with van der Waals surface area (Å²) >= 11 is 0. The van der Waals surface area contributed by atoms with Crippen LogP contribution in [0.15, 0.2) is 71.4 Å². The number of aromatic nitrogens is 3. The Morgan fingerprint density at radius 2 is 1.73 bits per heavy atom. The van der Waals surface area contributed by atoms with Crippen molar-refractivity contribution in [2.45, 2.75) is 26.4 Å². The largest absolute Gasteiger partial charge is 0.500 e. The molecule has 6 heteroatoms. The molecule has 0 unspecified atom stereocenters. The number of benzene rings is 3. The van der Waals surface area contributed by atoms with E-state index in [2.05, 4.69) is 28.3 Å². The van der Waals surface area contributed by atoms with E-state index >= 15 is 0 Å². The second-order valence-electron chi connectivity index (χ2n) is 7.90. The van der Waals surface area contributed by atoms with E-state index in [-0.39, 0.29) is 25.7 Å². The summed E-state index contributed by atoms with van der Waals surface area (Å²) in [7, 11) is 0. The van der Waals surface area contributed by atoms with E-state index in [0.29, 0.717) is 5.82 Å². The number of furan rings is 1. The van der Waals surface area contributed by atoms with Gasteiger partial charge in [0.1, 0.15) is 23.3 Å². The number of nitrogens with zero attached hydrogens (tertiary/aromatic N) is 3. The van der Waals surface area contributed by atoms with Gasteiger partial charge in [0.25, 0.3) is 0 Å². The van der Waals surface area contributed by atoms with Crippen molar-refractivity contribution in [1.82, 2.24) is 14.8 Å². The molecule has 5 aromatic rings. The SMILES string of the molecule is CC(C)(C)Oc1ccccc1-n1ncnc1-c1[c-]cc2oc3ccccc3c2c1.[Ir]. The van der Waals surface area contributed by atoms with Crippen molar-refractivity contribution in [1.29, 1.82) is 0 Å². The fourth-order valence-corrected chi connectivity index (χ4v) is 3.45.